The van der Waals surface area contributed by atoms with Crippen LogP contribution in [0, 0.1) is 11.3 Å². The fraction of sp³-hybridized carbons (Fsp3) is 0.467. The second-order valence-electron chi connectivity index (χ2n) is 5.55. The highest BCUT2D eigenvalue weighted by Gasteiger charge is 2.28. The quantitative estimate of drug-likeness (QED) is 0.887. The highest BCUT2D eigenvalue weighted by Crippen LogP contribution is 2.15. The fourth-order valence-corrected chi connectivity index (χ4v) is 2.15. The molecule has 1 atom stereocenters. The summed E-state index contributed by atoms with van der Waals surface area (Å²) in [5, 5.41) is 14.6. The van der Waals surface area contributed by atoms with Crippen LogP contribution in [0.2, 0.25) is 0 Å². The number of rotatable bonds is 3. The van der Waals surface area contributed by atoms with E-state index in [4.69, 9.17) is 14.7 Å². The Morgan fingerprint density at radius 2 is 2.43 bits per heavy atom. The van der Waals surface area contributed by atoms with Gasteiger partial charge in [-0.05, 0) is 32.0 Å². The molecular weight excluding hydrogens is 270 g/mol. The maximum Gasteiger partial charge on any atom is 0.411 e. The number of nitrogens with one attached hydrogen (secondary N) is 2. The smallest absolute Gasteiger partial charge is 0.411 e. The number of anilines is 1. The largest absolute Gasteiger partial charge is 0.446 e. The number of morpholine rings is 1. The molecule has 1 aliphatic rings. The number of ether oxygens (including phenoxy) is 2. The van der Waals surface area contributed by atoms with Gasteiger partial charge >= 0.3 is 6.09 Å². The zero-order valence-electron chi connectivity index (χ0n) is 12.2. The minimum absolute atomic E-state index is 0.162. The van der Waals surface area contributed by atoms with Crippen molar-refractivity contribution in [2.45, 2.75) is 25.6 Å². The number of hydrogen-bond acceptors (Lipinski definition) is 5. The van der Waals surface area contributed by atoms with Crippen molar-refractivity contribution in [3.8, 4) is 6.07 Å². The maximum atomic E-state index is 11.7. The second-order valence-corrected chi connectivity index (χ2v) is 5.55. The normalized spacial score (nSPS) is 20.3. The predicted octanol–water partition coefficient (Wildman–Crippen LogP) is 1.87. The number of carbonyl (C=O) groups excluding carboxylic acids is 1. The van der Waals surface area contributed by atoms with Gasteiger partial charge in [-0.2, -0.15) is 5.26 Å². The molecule has 0 spiro atoms. The number of nitriles is 1. The highest BCUT2D eigenvalue weighted by molar-refractivity contribution is 5.84. The van der Waals surface area contributed by atoms with Crippen LogP contribution in [0.25, 0.3) is 0 Å². The predicted molar refractivity (Wildman–Crippen MR) is 77.9 cm³/mol. The first-order chi connectivity index (χ1) is 9.98. The van der Waals surface area contributed by atoms with Crippen molar-refractivity contribution in [1.29, 1.82) is 5.26 Å². The van der Waals surface area contributed by atoms with Gasteiger partial charge in [0.1, 0.15) is 12.7 Å². The molecule has 2 N–H and O–H groups in total. The Bertz CT molecular complexity index is 551. The maximum absolute atomic E-state index is 11.7. The standard InChI is InChI=1S/C15H19N3O3/c1-15(2)10-17-8-13(21-15)9-20-14(19)18-12-5-3-4-11(6-12)7-16/h3-6,13,17H,8-10H2,1-2H3,(H,18,19). The topological polar surface area (TPSA) is 83.4 Å². The number of benzene rings is 1. The molecule has 0 bridgehead atoms. The van der Waals surface area contributed by atoms with E-state index in [0.29, 0.717) is 17.8 Å². The van der Waals surface area contributed by atoms with Gasteiger partial charge in [0, 0.05) is 18.8 Å². The van der Waals surface area contributed by atoms with Gasteiger partial charge in [0.15, 0.2) is 0 Å². The van der Waals surface area contributed by atoms with Gasteiger partial charge in [0.2, 0.25) is 0 Å². The molecule has 6 nitrogen and oxygen atoms in total. The molecule has 1 saturated heterocycles. The van der Waals surface area contributed by atoms with Gasteiger partial charge in [-0.3, -0.25) is 5.32 Å². The average Bonchev–Trinajstić information content (AvgIpc) is 2.44. The van der Waals surface area contributed by atoms with E-state index in [2.05, 4.69) is 10.6 Å². The molecule has 21 heavy (non-hydrogen) atoms. The molecule has 1 unspecified atom stereocenters. The van der Waals surface area contributed by atoms with Crippen LogP contribution in [0.3, 0.4) is 0 Å². The Labute approximate surface area is 124 Å². The van der Waals surface area contributed by atoms with Crippen LogP contribution in [-0.4, -0.2) is 37.5 Å². The van der Waals surface area contributed by atoms with Crippen LogP contribution in [0.1, 0.15) is 19.4 Å². The summed E-state index contributed by atoms with van der Waals surface area (Å²) in [6.45, 7) is 5.58. The number of nitrogens with zero attached hydrogens (tertiary/aromatic N) is 1. The molecule has 1 aromatic rings. The minimum atomic E-state index is -0.558. The van der Waals surface area contributed by atoms with E-state index in [-0.39, 0.29) is 18.3 Å². The molecule has 112 valence electrons. The Hall–Kier alpha value is -2.10. The zero-order chi connectivity index (χ0) is 15.3. The number of carbonyl (C=O) groups is 1. The van der Waals surface area contributed by atoms with Crippen LogP contribution in [0.5, 0.6) is 0 Å². The SMILES string of the molecule is CC1(C)CNCC(COC(=O)Nc2cccc(C#N)c2)O1. The van der Waals surface area contributed by atoms with Crippen LogP contribution < -0.4 is 10.6 Å². The van der Waals surface area contributed by atoms with E-state index in [1.807, 2.05) is 19.9 Å². The Balaban J connectivity index is 1.81. The molecule has 1 amide bonds. The van der Waals surface area contributed by atoms with E-state index in [0.717, 1.165) is 6.54 Å². The van der Waals surface area contributed by atoms with E-state index >= 15 is 0 Å². The first kappa shape index (κ1) is 15.3. The average molecular weight is 289 g/mol. The highest BCUT2D eigenvalue weighted by atomic mass is 16.6. The van der Waals surface area contributed by atoms with Crippen molar-refractivity contribution < 1.29 is 14.3 Å². The lowest BCUT2D eigenvalue weighted by molar-refractivity contribution is -0.110. The third kappa shape index (κ3) is 4.74. The van der Waals surface area contributed by atoms with Gasteiger partial charge in [-0.15, -0.1) is 0 Å². The molecule has 1 aromatic carbocycles. The summed E-state index contributed by atoms with van der Waals surface area (Å²) >= 11 is 0. The van der Waals surface area contributed by atoms with Crippen molar-refractivity contribution in [3.63, 3.8) is 0 Å². The lowest BCUT2D eigenvalue weighted by Gasteiger charge is -2.36. The summed E-state index contributed by atoms with van der Waals surface area (Å²) in [6, 6.07) is 8.66. The Morgan fingerprint density at radius 1 is 1.62 bits per heavy atom. The first-order valence-corrected chi connectivity index (χ1v) is 6.81. The molecular formula is C15H19N3O3. The monoisotopic (exact) mass is 289 g/mol. The fourth-order valence-electron chi connectivity index (χ4n) is 2.15. The van der Waals surface area contributed by atoms with Gasteiger partial charge in [-0.25, -0.2) is 4.79 Å². The van der Waals surface area contributed by atoms with Crippen LogP contribution in [0.4, 0.5) is 10.5 Å². The van der Waals surface area contributed by atoms with Crippen LogP contribution in [0.15, 0.2) is 24.3 Å². The molecule has 1 fully saturated rings. The summed E-state index contributed by atoms with van der Waals surface area (Å²) in [5.41, 5.74) is 0.751. The molecule has 0 aromatic heterocycles. The Kier molecular flexibility index (Phi) is 4.78. The Morgan fingerprint density at radius 3 is 3.14 bits per heavy atom. The summed E-state index contributed by atoms with van der Waals surface area (Å²) in [5.74, 6) is 0. The molecule has 2 rings (SSSR count). The van der Waals surface area contributed by atoms with Crippen molar-refractivity contribution >= 4 is 11.8 Å². The third-order valence-corrected chi connectivity index (χ3v) is 3.05. The second kappa shape index (κ2) is 6.57. The van der Waals surface area contributed by atoms with Crippen LogP contribution >= 0.6 is 0 Å². The van der Waals surface area contributed by atoms with E-state index < -0.39 is 6.09 Å². The van der Waals surface area contributed by atoms with Gasteiger partial charge in [0.25, 0.3) is 0 Å². The molecule has 0 saturated carbocycles. The van der Waals surface area contributed by atoms with Gasteiger partial charge < -0.3 is 14.8 Å². The lowest BCUT2D eigenvalue weighted by atomic mass is 10.1. The number of amides is 1. The molecule has 1 heterocycles. The van der Waals surface area contributed by atoms with Crippen molar-refractivity contribution in [3.05, 3.63) is 29.8 Å². The molecule has 6 heteroatoms. The van der Waals surface area contributed by atoms with Gasteiger partial charge in [-0.1, -0.05) is 6.07 Å². The summed E-state index contributed by atoms with van der Waals surface area (Å²) in [6.07, 6.45) is -0.720. The van der Waals surface area contributed by atoms with E-state index in [1.165, 1.54) is 0 Å². The van der Waals surface area contributed by atoms with Crippen molar-refractivity contribution in [2.24, 2.45) is 0 Å². The minimum Gasteiger partial charge on any atom is -0.446 e. The lowest BCUT2D eigenvalue weighted by Crippen LogP contribution is -2.52. The number of hydrogen-bond donors (Lipinski definition) is 2. The molecule has 0 radical (unpaired) electrons. The zero-order valence-corrected chi connectivity index (χ0v) is 12.2. The van der Waals surface area contributed by atoms with E-state index in [1.54, 1.807) is 24.3 Å². The van der Waals surface area contributed by atoms with Crippen molar-refractivity contribution in [2.75, 3.05) is 25.0 Å². The van der Waals surface area contributed by atoms with Crippen molar-refractivity contribution in [1.82, 2.24) is 5.32 Å². The summed E-state index contributed by atoms with van der Waals surface area (Å²) < 4.78 is 11.0. The summed E-state index contributed by atoms with van der Waals surface area (Å²) in [7, 11) is 0. The van der Waals surface area contributed by atoms with Gasteiger partial charge in [0.05, 0.1) is 17.2 Å². The first-order valence-electron chi connectivity index (χ1n) is 6.81. The summed E-state index contributed by atoms with van der Waals surface area (Å²) in [4.78, 5) is 11.7. The van der Waals surface area contributed by atoms with Crippen LogP contribution in [-0.2, 0) is 9.47 Å². The molecule has 0 aliphatic carbocycles. The third-order valence-electron chi connectivity index (χ3n) is 3.05. The van der Waals surface area contributed by atoms with E-state index in [9.17, 15) is 4.79 Å². The molecule has 1 aliphatic heterocycles.